The molecule has 0 heterocycles. The zero-order valence-electron chi connectivity index (χ0n) is 11.7. The minimum absolute atomic E-state index is 0.0134. The van der Waals surface area contributed by atoms with Crippen LogP contribution in [0.1, 0.15) is 65.2 Å². The lowest BCUT2D eigenvalue weighted by Gasteiger charge is -2.26. The van der Waals surface area contributed by atoms with E-state index in [9.17, 15) is 0 Å². The minimum atomic E-state index is -0.513. The predicted octanol–water partition coefficient (Wildman–Crippen LogP) is 2.46. The Morgan fingerprint density at radius 3 is 1.76 bits per heavy atom. The van der Waals surface area contributed by atoms with Crippen molar-refractivity contribution in [1.82, 2.24) is 5.32 Å². The van der Waals surface area contributed by atoms with Gasteiger partial charge in [0.1, 0.15) is 0 Å². The monoisotopic (exact) mass is 245 g/mol. The molecule has 0 saturated carbocycles. The Labute approximate surface area is 107 Å². The highest BCUT2D eigenvalue weighted by atomic mass is 16.3. The van der Waals surface area contributed by atoms with Crippen LogP contribution in [0.3, 0.4) is 0 Å². The minimum Gasteiger partial charge on any atom is -0.394 e. The van der Waals surface area contributed by atoms with Crippen LogP contribution in [0.25, 0.3) is 0 Å². The molecule has 3 heteroatoms. The van der Waals surface area contributed by atoms with Gasteiger partial charge in [0.15, 0.2) is 0 Å². The van der Waals surface area contributed by atoms with Crippen molar-refractivity contribution in [2.45, 2.75) is 70.8 Å². The summed E-state index contributed by atoms with van der Waals surface area (Å²) < 4.78 is 0. The fraction of sp³-hybridized carbons (Fsp3) is 1.00. The maximum absolute atomic E-state index is 9.09. The average molecular weight is 245 g/mol. The van der Waals surface area contributed by atoms with Gasteiger partial charge >= 0.3 is 0 Å². The predicted molar refractivity (Wildman–Crippen MR) is 73.2 cm³/mol. The maximum atomic E-state index is 9.09. The van der Waals surface area contributed by atoms with E-state index in [0.29, 0.717) is 0 Å². The van der Waals surface area contributed by atoms with Gasteiger partial charge in [-0.3, -0.25) is 0 Å². The molecule has 104 valence electrons. The summed E-state index contributed by atoms with van der Waals surface area (Å²) in [7, 11) is 0. The van der Waals surface area contributed by atoms with E-state index in [0.717, 1.165) is 13.0 Å². The highest BCUT2D eigenvalue weighted by Gasteiger charge is 2.20. The molecular formula is C14H31NO2. The van der Waals surface area contributed by atoms with Gasteiger partial charge in [-0.25, -0.2) is 0 Å². The van der Waals surface area contributed by atoms with Gasteiger partial charge in [0, 0.05) is 0 Å². The summed E-state index contributed by atoms with van der Waals surface area (Å²) in [6.07, 6.45) is 10.4. The molecule has 0 atom stereocenters. The average Bonchev–Trinajstić information content (AvgIpc) is 2.36. The van der Waals surface area contributed by atoms with Crippen LogP contribution < -0.4 is 5.32 Å². The third-order valence-electron chi connectivity index (χ3n) is 3.28. The molecule has 0 amide bonds. The summed E-state index contributed by atoms with van der Waals surface area (Å²) in [5.74, 6) is 0. The molecule has 0 fully saturated rings. The van der Waals surface area contributed by atoms with E-state index in [1.54, 1.807) is 0 Å². The Morgan fingerprint density at radius 1 is 0.824 bits per heavy atom. The summed E-state index contributed by atoms with van der Waals surface area (Å²) in [6, 6.07) is 0. The molecule has 0 spiro atoms. The van der Waals surface area contributed by atoms with Gasteiger partial charge in [-0.2, -0.15) is 0 Å². The van der Waals surface area contributed by atoms with Crippen LogP contribution in [0.2, 0.25) is 0 Å². The molecule has 3 N–H and O–H groups in total. The van der Waals surface area contributed by atoms with E-state index < -0.39 is 5.54 Å². The molecule has 0 aliphatic rings. The third kappa shape index (κ3) is 9.57. The molecule has 0 aliphatic carbocycles. The van der Waals surface area contributed by atoms with Gasteiger partial charge in [0.2, 0.25) is 0 Å². The maximum Gasteiger partial charge on any atom is 0.0633 e. The van der Waals surface area contributed by atoms with E-state index in [1.807, 2.05) is 6.92 Å². The molecular weight excluding hydrogens is 214 g/mol. The van der Waals surface area contributed by atoms with Crippen LogP contribution in [-0.2, 0) is 0 Å². The number of unbranched alkanes of at least 4 members (excludes halogenated alkanes) is 7. The number of hydrogen-bond donors (Lipinski definition) is 3. The van der Waals surface area contributed by atoms with Crippen molar-refractivity contribution in [2.75, 3.05) is 19.8 Å². The summed E-state index contributed by atoms with van der Waals surface area (Å²) in [6.45, 7) is 4.94. The van der Waals surface area contributed by atoms with Crippen molar-refractivity contribution in [3.8, 4) is 0 Å². The second kappa shape index (κ2) is 11.0. The molecule has 0 bridgehead atoms. The molecule has 17 heavy (non-hydrogen) atoms. The van der Waals surface area contributed by atoms with Crippen molar-refractivity contribution in [1.29, 1.82) is 0 Å². The highest BCUT2D eigenvalue weighted by Crippen LogP contribution is 2.08. The first-order chi connectivity index (χ1) is 8.18. The van der Waals surface area contributed by atoms with Crippen molar-refractivity contribution in [3.63, 3.8) is 0 Å². The first kappa shape index (κ1) is 16.9. The molecule has 0 radical (unpaired) electrons. The zero-order chi connectivity index (χ0) is 13.0. The number of nitrogens with one attached hydrogen (secondary N) is 1. The van der Waals surface area contributed by atoms with Gasteiger partial charge in [0.05, 0.1) is 18.8 Å². The summed E-state index contributed by atoms with van der Waals surface area (Å²) in [4.78, 5) is 0. The highest BCUT2D eigenvalue weighted by molar-refractivity contribution is 4.80. The second-order valence-corrected chi connectivity index (χ2v) is 5.28. The number of rotatable bonds is 12. The fourth-order valence-electron chi connectivity index (χ4n) is 1.81. The van der Waals surface area contributed by atoms with Crippen molar-refractivity contribution >= 4 is 0 Å². The lowest BCUT2D eigenvalue weighted by atomic mass is 10.0. The molecule has 3 nitrogen and oxygen atoms in total. The summed E-state index contributed by atoms with van der Waals surface area (Å²) >= 11 is 0. The van der Waals surface area contributed by atoms with Gasteiger partial charge in [-0.15, -0.1) is 0 Å². The van der Waals surface area contributed by atoms with Gasteiger partial charge in [-0.05, 0) is 19.9 Å². The smallest absolute Gasteiger partial charge is 0.0633 e. The van der Waals surface area contributed by atoms with Gasteiger partial charge in [-0.1, -0.05) is 51.9 Å². The van der Waals surface area contributed by atoms with E-state index in [1.165, 1.54) is 44.9 Å². The van der Waals surface area contributed by atoms with Crippen LogP contribution in [0.15, 0.2) is 0 Å². The van der Waals surface area contributed by atoms with Crippen LogP contribution >= 0.6 is 0 Å². The van der Waals surface area contributed by atoms with Crippen LogP contribution in [0, 0.1) is 0 Å². The SMILES string of the molecule is CCCCCCCCCCNC(C)(CO)CO. The number of hydrogen-bond acceptors (Lipinski definition) is 3. The first-order valence-corrected chi connectivity index (χ1v) is 7.15. The largest absolute Gasteiger partial charge is 0.394 e. The van der Waals surface area contributed by atoms with E-state index in [-0.39, 0.29) is 13.2 Å². The van der Waals surface area contributed by atoms with Crippen LogP contribution in [-0.4, -0.2) is 35.5 Å². The molecule has 0 unspecified atom stereocenters. The number of aliphatic hydroxyl groups excluding tert-OH is 2. The Balaban J connectivity index is 3.23. The molecule has 0 aromatic heterocycles. The summed E-state index contributed by atoms with van der Waals surface area (Å²) in [5.41, 5.74) is -0.513. The molecule has 0 saturated heterocycles. The van der Waals surface area contributed by atoms with E-state index in [4.69, 9.17) is 10.2 Å². The van der Waals surface area contributed by atoms with Crippen molar-refractivity contribution in [2.24, 2.45) is 0 Å². The summed E-state index contributed by atoms with van der Waals surface area (Å²) in [5, 5.41) is 21.4. The molecule has 0 rings (SSSR count). The molecule has 0 aromatic rings. The lowest BCUT2D eigenvalue weighted by molar-refractivity contribution is 0.104. The standard InChI is InChI=1S/C14H31NO2/c1-3-4-5-6-7-8-9-10-11-15-14(2,12-16)13-17/h15-17H,3-13H2,1-2H3. The Morgan fingerprint density at radius 2 is 1.29 bits per heavy atom. The van der Waals surface area contributed by atoms with Crippen molar-refractivity contribution < 1.29 is 10.2 Å². The first-order valence-electron chi connectivity index (χ1n) is 7.15. The quantitative estimate of drug-likeness (QED) is 0.463. The zero-order valence-corrected chi connectivity index (χ0v) is 11.7. The normalized spacial score (nSPS) is 12.0. The van der Waals surface area contributed by atoms with Crippen LogP contribution in [0.4, 0.5) is 0 Å². The Hall–Kier alpha value is -0.120. The molecule has 0 aliphatic heterocycles. The molecule has 0 aromatic carbocycles. The lowest BCUT2D eigenvalue weighted by Crippen LogP contribution is -2.49. The van der Waals surface area contributed by atoms with Gasteiger partial charge in [0.25, 0.3) is 0 Å². The fourth-order valence-corrected chi connectivity index (χ4v) is 1.81. The van der Waals surface area contributed by atoms with E-state index in [2.05, 4.69) is 12.2 Å². The third-order valence-corrected chi connectivity index (χ3v) is 3.28. The number of aliphatic hydroxyl groups is 2. The van der Waals surface area contributed by atoms with Crippen molar-refractivity contribution in [3.05, 3.63) is 0 Å². The second-order valence-electron chi connectivity index (χ2n) is 5.28. The van der Waals surface area contributed by atoms with Crippen LogP contribution in [0.5, 0.6) is 0 Å². The van der Waals surface area contributed by atoms with Gasteiger partial charge < -0.3 is 15.5 Å². The topological polar surface area (TPSA) is 52.5 Å². The Kier molecular flexibility index (Phi) is 10.9. The Bertz CT molecular complexity index is 158. The van der Waals surface area contributed by atoms with E-state index >= 15 is 0 Å².